The van der Waals surface area contributed by atoms with Crippen LogP contribution in [0.2, 0.25) is 0 Å². The van der Waals surface area contributed by atoms with Crippen molar-refractivity contribution < 1.29 is 13.5 Å². The Balaban J connectivity index is 2.00. The molecule has 1 aromatic heterocycles. The first-order valence-corrected chi connectivity index (χ1v) is 6.90. The summed E-state index contributed by atoms with van der Waals surface area (Å²) in [6, 6.07) is 7.44. The number of rotatable bonds is 7. The highest BCUT2D eigenvalue weighted by Crippen LogP contribution is 2.20. The second-order valence-corrected chi connectivity index (χ2v) is 4.75. The average molecular weight is 295 g/mol. The zero-order chi connectivity index (χ0) is 15.2. The summed E-state index contributed by atoms with van der Waals surface area (Å²) in [6.45, 7) is 1.70. The zero-order valence-electron chi connectivity index (χ0n) is 12.1. The van der Waals surface area contributed by atoms with Crippen molar-refractivity contribution in [3.8, 4) is 5.75 Å². The van der Waals surface area contributed by atoms with Crippen LogP contribution in [-0.2, 0) is 6.54 Å². The van der Waals surface area contributed by atoms with Gasteiger partial charge in [-0.3, -0.25) is 4.57 Å². The summed E-state index contributed by atoms with van der Waals surface area (Å²) in [5, 5.41) is 3.08. The number of nitrogens with zero attached hydrogens (tertiary/aromatic N) is 2. The van der Waals surface area contributed by atoms with Gasteiger partial charge in [0.1, 0.15) is 11.6 Å². The van der Waals surface area contributed by atoms with Crippen LogP contribution in [0.1, 0.15) is 32.6 Å². The fourth-order valence-corrected chi connectivity index (χ4v) is 1.83. The first-order chi connectivity index (χ1) is 10.1. The fraction of sp³-hybridized carbons (Fsp3) is 0.400. The molecule has 0 radical (unpaired) electrons. The number of anilines is 1. The van der Waals surface area contributed by atoms with Crippen molar-refractivity contribution in [1.29, 1.82) is 0 Å². The van der Waals surface area contributed by atoms with E-state index in [0.717, 1.165) is 22.4 Å². The van der Waals surface area contributed by atoms with Crippen LogP contribution < -0.4 is 10.1 Å². The first kappa shape index (κ1) is 15.3. The number of halogens is 2. The molecular weight excluding hydrogens is 276 g/mol. The Kier molecular flexibility index (Phi) is 5.14. The molecule has 0 amide bonds. The van der Waals surface area contributed by atoms with E-state index in [1.165, 1.54) is 12.4 Å². The normalized spacial score (nSPS) is 12.4. The van der Waals surface area contributed by atoms with Crippen molar-refractivity contribution in [2.45, 2.75) is 39.5 Å². The molecule has 0 saturated carbocycles. The molecule has 1 heterocycles. The fourth-order valence-electron chi connectivity index (χ4n) is 1.83. The van der Waals surface area contributed by atoms with Crippen LogP contribution in [0.3, 0.4) is 0 Å². The topological polar surface area (TPSA) is 39.1 Å². The van der Waals surface area contributed by atoms with Gasteiger partial charge in [0.25, 0.3) is 0 Å². The number of benzene rings is 1. The highest BCUT2D eigenvalue weighted by atomic mass is 19.3. The van der Waals surface area contributed by atoms with E-state index in [2.05, 4.69) is 17.2 Å². The average Bonchev–Trinajstić information content (AvgIpc) is 2.94. The van der Waals surface area contributed by atoms with Crippen molar-refractivity contribution in [3.63, 3.8) is 0 Å². The molecule has 0 saturated heterocycles. The number of aromatic nitrogens is 2. The third-order valence-electron chi connectivity index (χ3n) is 3.16. The summed E-state index contributed by atoms with van der Waals surface area (Å²) in [6.07, 6.45) is 3.69. The van der Waals surface area contributed by atoms with Gasteiger partial charge in [-0.2, -0.15) is 8.78 Å². The SMILES string of the molecule is CCC(C)Oc1cccc(NCc2nccn2C(F)F)c1. The molecule has 2 rings (SSSR count). The molecule has 2 aromatic rings. The first-order valence-electron chi connectivity index (χ1n) is 6.90. The number of alkyl halides is 2. The summed E-state index contributed by atoms with van der Waals surface area (Å²) < 4.78 is 32.0. The van der Waals surface area contributed by atoms with Crippen LogP contribution in [0.25, 0.3) is 0 Å². The molecule has 0 spiro atoms. The molecule has 1 unspecified atom stereocenters. The van der Waals surface area contributed by atoms with E-state index in [0.29, 0.717) is 5.82 Å². The summed E-state index contributed by atoms with van der Waals surface area (Å²) >= 11 is 0. The summed E-state index contributed by atoms with van der Waals surface area (Å²) in [4.78, 5) is 3.93. The van der Waals surface area contributed by atoms with E-state index in [1.54, 1.807) is 0 Å². The lowest BCUT2D eigenvalue weighted by Crippen LogP contribution is -2.11. The minimum atomic E-state index is -2.58. The lowest BCUT2D eigenvalue weighted by atomic mass is 10.2. The molecule has 114 valence electrons. The van der Waals surface area contributed by atoms with Gasteiger partial charge in [-0.25, -0.2) is 4.98 Å². The lowest BCUT2D eigenvalue weighted by molar-refractivity contribution is 0.0673. The maximum Gasteiger partial charge on any atom is 0.319 e. The second-order valence-electron chi connectivity index (χ2n) is 4.75. The van der Waals surface area contributed by atoms with Crippen molar-refractivity contribution in [2.75, 3.05) is 5.32 Å². The molecule has 1 N–H and O–H groups in total. The van der Waals surface area contributed by atoms with Gasteiger partial charge in [0.2, 0.25) is 0 Å². The maximum absolute atomic E-state index is 12.7. The monoisotopic (exact) mass is 295 g/mol. The van der Waals surface area contributed by atoms with Gasteiger partial charge in [0, 0.05) is 24.1 Å². The van der Waals surface area contributed by atoms with E-state index in [4.69, 9.17) is 4.74 Å². The van der Waals surface area contributed by atoms with Gasteiger partial charge < -0.3 is 10.1 Å². The predicted octanol–water partition coefficient (Wildman–Crippen LogP) is 4.07. The van der Waals surface area contributed by atoms with Crippen molar-refractivity contribution in [2.24, 2.45) is 0 Å². The molecule has 21 heavy (non-hydrogen) atoms. The summed E-state index contributed by atoms with van der Waals surface area (Å²) in [5.74, 6) is 1.05. The standard InChI is InChI=1S/C15H19F2N3O/c1-3-11(2)21-13-6-4-5-12(9-13)19-10-14-18-7-8-20(14)15(16)17/h4-9,11,15,19H,3,10H2,1-2H3. The van der Waals surface area contributed by atoms with Crippen LogP contribution in [0.15, 0.2) is 36.7 Å². The largest absolute Gasteiger partial charge is 0.491 e. The smallest absolute Gasteiger partial charge is 0.319 e. The van der Waals surface area contributed by atoms with Gasteiger partial charge in [0.15, 0.2) is 0 Å². The molecule has 0 aliphatic heterocycles. The Hall–Kier alpha value is -2.11. The van der Waals surface area contributed by atoms with Gasteiger partial charge in [0.05, 0.1) is 12.6 Å². The van der Waals surface area contributed by atoms with Gasteiger partial charge >= 0.3 is 6.55 Å². The second kappa shape index (κ2) is 7.06. The third-order valence-corrected chi connectivity index (χ3v) is 3.16. The number of nitrogens with one attached hydrogen (secondary N) is 1. The minimum absolute atomic E-state index is 0.137. The van der Waals surface area contributed by atoms with E-state index < -0.39 is 6.55 Å². The number of imidazole rings is 1. The Morgan fingerprint density at radius 3 is 2.90 bits per heavy atom. The Bertz CT molecular complexity index is 572. The van der Waals surface area contributed by atoms with E-state index >= 15 is 0 Å². The van der Waals surface area contributed by atoms with Crippen molar-refractivity contribution in [3.05, 3.63) is 42.5 Å². The molecule has 0 aliphatic rings. The molecule has 1 aromatic carbocycles. The molecular formula is C15H19F2N3O. The van der Waals surface area contributed by atoms with Crippen LogP contribution >= 0.6 is 0 Å². The van der Waals surface area contributed by atoms with E-state index in [1.807, 2.05) is 31.2 Å². The van der Waals surface area contributed by atoms with Crippen LogP contribution in [0, 0.1) is 0 Å². The van der Waals surface area contributed by atoms with Crippen LogP contribution in [0.4, 0.5) is 14.5 Å². The summed E-state index contributed by atoms with van der Waals surface area (Å²) in [5.41, 5.74) is 0.805. The molecule has 0 fully saturated rings. The maximum atomic E-state index is 12.7. The molecule has 0 bridgehead atoms. The minimum Gasteiger partial charge on any atom is -0.491 e. The molecule has 1 atom stereocenters. The Morgan fingerprint density at radius 2 is 2.19 bits per heavy atom. The van der Waals surface area contributed by atoms with Gasteiger partial charge in [-0.05, 0) is 25.5 Å². The number of hydrogen-bond donors (Lipinski definition) is 1. The quantitative estimate of drug-likeness (QED) is 0.837. The number of ether oxygens (including phenoxy) is 1. The third kappa shape index (κ3) is 4.18. The molecule has 0 aliphatic carbocycles. The van der Waals surface area contributed by atoms with Gasteiger partial charge in [-0.15, -0.1) is 0 Å². The molecule has 4 nitrogen and oxygen atoms in total. The van der Waals surface area contributed by atoms with Crippen LogP contribution in [-0.4, -0.2) is 15.7 Å². The summed E-state index contributed by atoms with van der Waals surface area (Å²) in [7, 11) is 0. The predicted molar refractivity (Wildman–Crippen MR) is 77.6 cm³/mol. The Labute approximate surface area is 122 Å². The van der Waals surface area contributed by atoms with E-state index in [-0.39, 0.29) is 12.6 Å². The lowest BCUT2D eigenvalue weighted by Gasteiger charge is -2.14. The Morgan fingerprint density at radius 1 is 1.38 bits per heavy atom. The highest BCUT2D eigenvalue weighted by Gasteiger charge is 2.11. The van der Waals surface area contributed by atoms with E-state index in [9.17, 15) is 8.78 Å². The highest BCUT2D eigenvalue weighted by molar-refractivity contribution is 5.48. The molecule has 6 heteroatoms. The number of hydrogen-bond acceptors (Lipinski definition) is 3. The van der Waals surface area contributed by atoms with Crippen molar-refractivity contribution >= 4 is 5.69 Å². The zero-order valence-corrected chi connectivity index (χ0v) is 12.1. The van der Waals surface area contributed by atoms with Crippen LogP contribution in [0.5, 0.6) is 5.75 Å². The van der Waals surface area contributed by atoms with Gasteiger partial charge in [-0.1, -0.05) is 13.0 Å². The van der Waals surface area contributed by atoms with Crippen molar-refractivity contribution in [1.82, 2.24) is 9.55 Å².